The third-order valence-electron chi connectivity index (χ3n) is 2.99. The molecule has 1 aromatic carbocycles. The molecule has 4 heteroatoms. The average Bonchev–Trinajstić information content (AvgIpc) is 2.74. The number of benzene rings is 1. The zero-order chi connectivity index (χ0) is 12.3. The molecule has 0 aliphatic heterocycles. The SMILES string of the molecule is Cn1cnnc1CNC(C)(C)c1ccccc1. The van der Waals surface area contributed by atoms with E-state index in [1.165, 1.54) is 5.56 Å². The minimum atomic E-state index is -0.0762. The second-order valence-electron chi connectivity index (χ2n) is 4.70. The van der Waals surface area contributed by atoms with Crippen molar-refractivity contribution in [3.63, 3.8) is 0 Å². The molecule has 0 atom stereocenters. The molecule has 0 amide bonds. The van der Waals surface area contributed by atoms with Gasteiger partial charge in [0, 0.05) is 12.6 Å². The summed E-state index contributed by atoms with van der Waals surface area (Å²) in [5, 5.41) is 11.4. The predicted molar refractivity (Wildman–Crippen MR) is 67.3 cm³/mol. The van der Waals surface area contributed by atoms with E-state index in [1.54, 1.807) is 6.33 Å². The number of aryl methyl sites for hydroxylation is 1. The van der Waals surface area contributed by atoms with Crippen LogP contribution in [0.2, 0.25) is 0 Å². The topological polar surface area (TPSA) is 42.7 Å². The highest BCUT2D eigenvalue weighted by molar-refractivity contribution is 5.22. The van der Waals surface area contributed by atoms with E-state index >= 15 is 0 Å². The van der Waals surface area contributed by atoms with Gasteiger partial charge in [-0.15, -0.1) is 10.2 Å². The van der Waals surface area contributed by atoms with Crippen LogP contribution >= 0.6 is 0 Å². The first-order valence-corrected chi connectivity index (χ1v) is 5.73. The first-order chi connectivity index (χ1) is 8.09. The molecule has 4 nitrogen and oxygen atoms in total. The van der Waals surface area contributed by atoms with E-state index in [1.807, 2.05) is 17.7 Å². The Kier molecular flexibility index (Phi) is 3.24. The summed E-state index contributed by atoms with van der Waals surface area (Å²) in [6.45, 7) is 5.04. The van der Waals surface area contributed by atoms with Crippen LogP contribution in [-0.2, 0) is 19.1 Å². The number of nitrogens with zero attached hydrogens (tertiary/aromatic N) is 3. The Bertz CT molecular complexity index is 473. The minimum Gasteiger partial charge on any atom is -0.320 e. The number of hydrogen-bond acceptors (Lipinski definition) is 3. The maximum atomic E-state index is 4.06. The zero-order valence-corrected chi connectivity index (χ0v) is 10.5. The summed E-state index contributed by atoms with van der Waals surface area (Å²) in [6, 6.07) is 10.4. The van der Waals surface area contributed by atoms with Crippen molar-refractivity contribution in [1.82, 2.24) is 20.1 Å². The second-order valence-corrected chi connectivity index (χ2v) is 4.70. The van der Waals surface area contributed by atoms with E-state index in [9.17, 15) is 0 Å². The van der Waals surface area contributed by atoms with E-state index in [2.05, 4.69) is 53.6 Å². The third kappa shape index (κ3) is 2.71. The Morgan fingerprint density at radius 1 is 1.24 bits per heavy atom. The molecule has 1 heterocycles. The molecule has 0 saturated carbocycles. The van der Waals surface area contributed by atoms with Gasteiger partial charge in [-0.05, 0) is 19.4 Å². The van der Waals surface area contributed by atoms with E-state index in [4.69, 9.17) is 0 Å². The van der Waals surface area contributed by atoms with Crippen molar-refractivity contribution in [2.45, 2.75) is 25.9 Å². The van der Waals surface area contributed by atoms with Gasteiger partial charge in [0.2, 0.25) is 0 Å². The van der Waals surface area contributed by atoms with Crippen molar-refractivity contribution in [3.05, 3.63) is 48.0 Å². The van der Waals surface area contributed by atoms with Crippen LogP contribution in [0.4, 0.5) is 0 Å². The molecular weight excluding hydrogens is 212 g/mol. The maximum Gasteiger partial charge on any atom is 0.146 e. The van der Waals surface area contributed by atoms with E-state index in [0.717, 1.165) is 5.82 Å². The lowest BCUT2D eigenvalue weighted by atomic mass is 9.94. The summed E-state index contributed by atoms with van der Waals surface area (Å²) >= 11 is 0. The van der Waals surface area contributed by atoms with Gasteiger partial charge in [-0.2, -0.15) is 0 Å². The Morgan fingerprint density at radius 2 is 1.94 bits per heavy atom. The largest absolute Gasteiger partial charge is 0.320 e. The second kappa shape index (κ2) is 4.67. The molecule has 0 radical (unpaired) electrons. The van der Waals surface area contributed by atoms with Gasteiger partial charge in [-0.3, -0.25) is 0 Å². The van der Waals surface area contributed by atoms with Crippen LogP contribution < -0.4 is 5.32 Å². The summed E-state index contributed by atoms with van der Waals surface area (Å²) in [5.41, 5.74) is 1.19. The van der Waals surface area contributed by atoms with Crippen LogP contribution in [0.3, 0.4) is 0 Å². The van der Waals surface area contributed by atoms with Gasteiger partial charge in [0.25, 0.3) is 0 Å². The molecule has 2 rings (SSSR count). The number of rotatable bonds is 4. The predicted octanol–water partition coefficient (Wildman–Crippen LogP) is 1.84. The van der Waals surface area contributed by atoms with Crippen LogP contribution in [-0.4, -0.2) is 14.8 Å². The summed E-state index contributed by atoms with van der Waals surface area (Å²) < 4.78 is 1.92. The van der Waals surface area contributed by atoms with E-state index < -0.39 is 0 Å². The van der Waals surface area contributed by atoms with Gasteiger partial charge in [0.05, 0.1) is 6.54 Å². The van der Waals surface area contributed by atoms with Gasteiger partial charge in [0.15, 0.2) is 0 Å². The molecule has 0 aliphatic carbocycles. The van der Waals surface area contributed by atoms with Crippen molar-refractivity contribution < 1.29 is 0 Å². The minimum absolute atomic E-state index is 0.0762. The van der Waals surface area contributed by atoms with Gasteiger partial charge in [-0.25, -0.2) is 0 Å². The summed E-state index contributed by atoms with van der Waals surface area (Å²) in [5.74, 6) is 0.939. The molecule has 1 aromatic heterocycles. The number of aromatic nitrogens is 3. The quantitative estimate of drug-likeness (QED) is 0.871. The van der Waals surface area contributed by atoms with Crippen molar-refractivity contribution in [2.75, 3.05) is 0 Å². The van der Waals surface area contributed by atoms with Crippen molar-refractivity contribution in [2.24, 2.45) is 7.05 Å². The molecule has 0 bridgehead atoms. The number of nitrogens with one attached hydrogen (secondary N) is 1. The fourth-order valence-electron chi connectivity index (χ4n) is 1.72. The standard InChI is InChI=1S/C13H18N4/c1-13(2,11-7-5-4-6-8-11)14-9-12-16-15-10-17(12)3/h4-8,10,14H,9H2,1-3H3. The van der Waals surface area contributed by atoms with Crippen LogP contribution in [0, 0.1) is 0 Å². The van der Waals surface area contributed by atoms with Gasteiger partial charge in [-0.1, -0.05) is 30.3 Å². The molecule has 90 valence electrons. The van der Waals surface area contributed by atoms with Crippen molar-refractivity contribution in [3.8, 4) is 0 Å². The van der Waals surface area contributed by atoms with Crippen molar-refractivity contribution >= 4 is 0 Å². The normalized spacial score (nSPS) is 11.7. The van der Waals surface area contributed by atoms with Crippen LogP contribution in [0.1, 0.15) is 25.2 Å². The van der Waals surface area contributed by atoms with E-state index in [-0.39, 0.29) is 5.54 Å². The first kappa shape index (κ1) is 11.8. The van der Waals surface area contributed by atoms with Gasteiger partial charge >= 0.3 is 0 Å². The van der Waals surface area contributed by atoms with Crippen molar-refractivity contribution in [1.29, 1.82) is 0 Å². The monoisotopic (exact) mass is 230 g/mol. The summed E-state index contributed by atoms with van der Waals surface area (Å²) in [6.07, 6.45) is 1.71. The molecule has 0 fully saturated rings. The molecule has 1 N–H and O–H groups in total. The van der Waals surface area contributed by atoms with Gasteiger partial charge < -0.3 is 9.88 Å². The lowest BCUT2D eigenvalue weighted by Crippen LogP contribution is -2.36. The van der Waals surface area contributed by atoms with Crippen LogP contribution in [0.5, 0.6) is 0 Å². The maximum absolute atomic E-state index is 4.06. The van der Waals surface area contributed by atoms with Gasteiger partial charge in [0.1, 0.15) is 12.2 Å². The molecular formula is C13H18N4. The third-order valence-corrected chi connectivity index (χ3v) is 2.99. The highest BCUT2D eigenvalue weighted by atomic mass is 15.3. The Balaban J connectivity index is 2.06. The molecule has 0 unspecified atom stereocenters. The molecule has 0 saturated heterocycles. The van der Waals surface area contributed by atoms with Crippen LogP contribution in [0.15, 0.2) is 36.7 Å². The summed E-state index contributed by atoms with van der Waals surface area (Å²) in [4.78, 5) is 0. The highest BCUT2D eigenvalue weighted by Gasteiger charge is 2.19. The van der Waals surface area contributed by atoms with Crippen LogP contribution in [0.25, 0.3) is 0 Å². The summed E-state index contributed by atoms with van der Waals surface area (Å²) in [7, 11) is 1.95. The smallest absolute Gasteiger partial charge is 0.146 e. The molecule has 17 heavy (non-hydrogen) atoms. The fraction of sp³-hybridized carbons (Fsp3) is 0.385. The number of hydrogen-bond donors (Lipinski definition) is 1. The fourth-order valence-corrected chi connectivity index (χ4v) is 1.72. The zero-order valence-electron chi connectivity index (χ0n) is 10.5. The highest BCUT2D eigenvalue weighted by Crippen LogP contribution is 2.19. The molecule has 2 aromatic rings. The van der Waals surface area contributed by atoms with E-state index in [0.29, 0.717) is 6.54 Å². The Hall–Kier alpha value is -1.68. The molecule has 0 aliphatic rings. The molecule has 0 spiro atoms. The lowest BCUT2D eigenvalue weighted by Gasteiger charge is -2.26. The first-order valence-electron chi connectivity index (χ1n) is 5.73. The average molecular weight is 230 g/mol. The Morgan fingerprint density at radius 3 is 2.53 bits per heavy atom. The lowest BCUT2D eigenvalue weighted by molar-refractivity contribution is 0.392. The Labute approximate surface area is 102 Å².